The van der Waals surface area contributed by atoms with Crippen molar-refractivity contribution in [1.29, 1.82) is 0 Å². The first kappa shape index (κ1) is 14.0. The summed E-state index contributed by atoms with van der Waals surface area (Å²) in [6, 6.07) is 0.141. The maximum atomic E-state index is 12.0. The van der Waals surface area contributed by atoms with Crippen molar-refractivity contribution in [3.8, 4) is 0 Å². The summed E-state index contributed by atoms with van der Waals surface area (Å²) in [5.74, 6) is -0.264. The van der Waals surface area contributed by atoms with Gasteiger partial charge in [-0.1, -0.05) is 0 Å². The van der Waals surface area contributed by atoms with Crippen LogP contribution in [0.15, 0.2) is 0 Å². The van der Waals surface area contributed by atoms with E-state index >= 15 is 0 Å². The fourth-order valence-corrected chi connectivity index (χ4v) is 2.19. The third kappa shape index (κ3) is 3.43. The van der Waals surface area contributed by atoms with E-state index in [0.29, 0.717) is 19.5 Å². The molecule has 0 aromatic rings. The Morgan fingerprint density at radius 3 is 2.53 bits per heavy atom. The Morgan fingerprint density at radius 1 is 1.53 bits per heavy atom. The minimum Gasteiger partial charge on any atom is -0.392 e. The maximum absolute atomic E-state index is 12.0. The molecule has 2 amide bonds. The lowest BCUT2D eigenvalue weighted by Crippen LogP contribution is -2.39. The van der Waals surface area contributed by atoms with Gasteiger partial charge in [-0.05, 0) is 20.8 Å². The molecule has 0 spiro atoms. The van der Waals surface area contributed by atoms with Gasteiger partial charge in [-0.25, -0.2) is 0 Å². The van der Waals surface area contributed by atoms with Crippen LogP contribution in [-0.2, 0) is 9.59 Å². The molecule has 2 atom stereocenters. The van der Waals surface area contributed by atoms with E-state index in [0.717, 1.165) is 0 Å². The molecule has 0 bridgehead atoms. The van der Waals surface area contributed by atoms with E-state index in [1.807, 2.05) is 13.8 Å². The van der Waals surface area contributed by atoms with Crippen molar-refractivity contribution in [3.63, 3.8) is 0 Å². The maximum Gasteiger partial charge on any atom is 0.227 e. The van der Waals surface area contributed by atoms with Crippen molar-refractivity contribution < 1.29 is 14.7 Å². The SMILES string of the molecule is CC(O)CN(C)C(=O)C1CC(=O)N(C(C)C)C1. The number of nitrogens with zero attached hydrogens (tertiary/aromatic N) is 2. The minimum absolute atomic E-state index is 0.0452. The molecule has 5 nitrogen and oxygen atoms in total. The van der Waals surface area contributed by atoms with Gasteiger partial charge in [0.25, 0.3) is 0 Å². The van der Waals surface area contributed by atoms with Crippen molar-refractivity contribution in [3.05, 3.63) is 0 Å². The smallest absolute Gasteiger partial charge is 0.227 e. The Balaban J connectivity index is 2.58. The van der Waals surface area contributed by atoms with E-state index in [9.17, 15) is 14.7 Å². The molecule has 0 aliphatic carbocycles. The molecule has 1 rings (SSSR count). The molecule has 1 saturated heterocycles. The summed E-state index contributed by atoms with van der Waals surface area (Å²) in [7, 11) is 1.66. The highest BCUT2D eigenvalue weighted by Gasteiger charge is 2.36. The van der Waals surface area contributed by atoms with Gasteiger partial charge < -0.3 is 14.9 Å². The van der Waals surface area contributed by atoms with Crippen LogP contribution in [0.2, 0.25) is 0 Å². The van der Waals surface area contributed by atoms with Gasteiger partial charge in [-0.3, -0.25) is 9.59 Å². The van der Waals surface area contributed by atoms with E-state index < -0.39 is 6.10 Å². The number of rotatable bonds is 4. The van der Waals surface area contributed by atoms with Gasteiger partial charge >= 0.3 is 0 Å². The second-order valence-corrected chi connectivity index (χ2v) is 5.11. The Labute approximate surface area is 102 Å². The molecule has 0 saturated carbocycles. The van der Waals surface area contributed by atoms with Crippen molar-refractivity contribution >= 4 is 11.8 Å². The fraction of sp³-hybridized carbons (Fsp3) is 0.833. The van der Waals surface area contributed by atoms with Gasteiger partial charge in [0.1, 0.15) is 0 Å². The monoisotopic (exact) mass is 242 g/mol. The number of carbonyl (C=O) groups excluding carboxylic acids is 2. The number of aliphatic hydroxyl groups is 1. The standard InChI is InChI=1S/C12H22N2O3/c1-8(2)14-7-10(5-11(14)16)12(17)13(4)6-9(3)15/h8-10,15H,5-7H2,1-4H3. The number of likely N-dealkylation sites (N-methyl/N-ethyl adjacent to an activating group) is 1. The average molecular weight is 242 g/mol. The molecule has 5 heteroatoms. The van der Waals surface area contributed by atoms with Crippen LogP contribution >= 0.6 is 0 Å². The number of aliphatic hydroxyl groups excluding tert-OH is 1. The zero-order chi connectivity index (χ0) is 13.2. The Hall–Kier alpha value is -1.10. The van der Waals surface area contributed by atoms with Crippen LogP contribution in [0.1, 0.15) is 27.2 Å². The molecule has 2 unspecified atom stereocenters. The topological polar surface area (TPSA) is 60.9 Å². The van der Waals surface area contributed by atoms with Crippen LogP contribution in [0.5, 0.6) is 0 Å². The zero-order valence-electron chi connectivity index (χ0n) is 11.0. The third-order valence-electron chi connectivity index (χ3n) is 3.05. The molecule has 1 heterocycles. The fourth-order valence-electron chi connectivity index (χ4n) is 2.19. The van der Waals surface area contributed by atoms with E-state index in [1.54, 1.807) is 18.9 Å². The molecule has 0 aromatic carbocycles. The molecule has 1 aliphatic heterocycles. The van der Waals surface area contributed by atoms with E-state index in [4.69, 9.17) is 0 Å². The first-order valence-corrected chi connectivity index (χ1v) is 6.05. The first-order valence-electron chi connectivity index (χ1n) is 6.05. The Morgan fingerprint density at radius 2 is 2.12 bits per heavy atom. The highest BCUT2D eigenvalue weighted by Crippen LogP contribution is 2.21. The Bertz CT molecular complexity index is 302. The Kier molecular flexibility index (Phi) is 4.51. The molecule has 1 N–H and O–H groups in total. The summed E-state index contributed by atoms with van der Waals surface area (Å²) in [6.07, 6.45) is -0.247. The van der Waals surface area contributed by atoms with Crippen LogP contribution in [0.4, 0.5) is 0 Å². The van der Waals surface area contributed by atoms with Crippen molar-refractivity contribution in [1.82, 2.24) is 9.80 Å². The highest BCUT2D eigenvalue weighted by molar-refractivity contribution is 5.89. The number of hydrogen-bond donors (Lipinski definition) is 1. The van der Waals surface area contributed by atoms with Crippen molar-refractivity contribution in [2.24, 2.45) is 5.92 Å². The second kappa shape index (κ2) is 5.49. The molecular formula is C12H22N2O3. The second-order valence-electron chi connectivity index (χ2n) is 5.11. The summed E-state index contributed by atoms with van der Waals surface area (Å²) < 4.78 is 0. The summed E-state index contributed by atoms with van der Waals surface area (Å²) in [5, 5.41) is 9.24. The van der Waals surface area contributed by atoms with Crippen molar-refractivity contribution in [2.45, 2.75) is 39.3 Å². The molecule has 1 aliphatic rings. The summed E-state index contributed by atoms with van der Waals surface area (Å²) in [5.41, 5.74) is 0. The molecule has 0 aromatic heterocycles. The average Bonchev–Trinajstić information content (AvgIpc) is 2.58. The van der Waals surface area contributed by atoms with E-state index in [2.05, 4.69) is 0 Å². The molecule has 0 radical (unpaired) electrons. The minimum atomic E-state index is -0.540. The van der Waals surface area contributed by atoms with Gasteiger partial charge in [0.15, 0.2) is 0 Å². The van der Waals surface area contributed by atoms with E-state index in [-0.39, 0.29) is 23.8 Å². The first-order chi connectivity index (χ1) is 7.82. The van der Waals surface area contributed by atoms with Crippen LogP contribution < -0.4 is 0 Å². The number of amides is 2. The predicted molar refractivity (Wildman–Crippen MR) is 64.3 cm³/mol. The van der Waals surface area contributed by atoms with Gasteiger partial charge in [-0.2, -0.15) is 0 Å². The van der Waals surface area contributed by atoms with Crippen LogP contribution in [-0.4, -0.2) is 59.0 Å². The molecule has 98 valence electrons. The summed E-state index contributed by atoms with van der Waals surface area (Å²) in [6.45, 7) is 6.35. The number of hydrogen-bond acceptors (Lipinski definition) is 3. The van der Waals surface area contributed by atoms with Crippen LogP contribution in [0, 0.1) is 5.92 Å². The molecule has 1 fully saturated rings. The third-order valence-corrected chi connectivity index (χ3v) is 3.05. The van der Waals surface area contributed by atoms with Gasteiger partial charge in [-0.15, -0.1) is 0 Å². The summed E-state index contributed by atoms with van der Waals surface area (Å²) >= 11 is 0. The van der Waals surface area contributed by atoms with Gasteiger partial charge in [0.05, 0.1) is 12.0 Å². The van der Waals surface area contributed by atoms with Crippen LogP contribution in [0.25, 0.3) is 0 Å². The lowest BCUT2D eigenvalue weighted by Gasteiger charge is -2.23. The van der Waals surface area contributed by atoms with E-state index in [1.165, 1.54) is 4.90 Å². The lowest BCUT2D eigenvalue weighted by molar-refractivity contribution is -0.135. The van der Waals surface area contributed by atoms with Gasteiger partial charge in [0.2, 0.25) is 11.8 Å². The lowest BCUT2D eigenvalue weighted by atomic mass is 10.1. The molecular weight excluding hydrogens is 220 g/mol. The van der Waals surface area contributed by atoms with Crippen LogP contribution in [0.3, 0.4) is 0 Å². The number of likely N-dealkylation sites (tertiary alicyclic amines) is 1. The largest absolute Gasteiger partial charge is 0.392 e. The predicted octanol–water partition coefficient (Wildman–Crippen LogP) is 0.0825. The highest BCUT2D eigenvalue weighted by atomic mass is 16.3. The van der Waals surface area contributed by atoms with Gasteiger partial charge in [0, 0.05) is 32.6 Å². The zero-order valence-corrected chi connectivity index (χ0v) is 11.0. The quantitative estimate of drug-likeness (QED) is 0.759. The summed E-state index contributed by atoms with van der Waals surface area (Å²) in [4.78, 5) is 27.0. The van der Waals surface area contributed by atoms with Crippen molar-refractivity contribution in [2.75, 3.05) is 20.1 Å². The number of carbonyl (C=O) groups is 2. The molecule has 17 heavy (non-hydrogen) atoms. The normalized spacial score (nSPS) is 22.1.